The summed E-state index contributed by atoms with van der Waals surface area (Å²) in [7, 11) is 0. The molecular weight excluding hydrogens is 426 g/mol. The van der Waals surface area contributed by atoms with E-state index < -0.39 is 0 Å². The van der Waals surface area contributed by atoms with Crippen LogP contribution in [0.3, 0.4) is 0 Å². The Kier molecular flexibility index (Phi) is 7.05. The fourth-order valence-electron chi connectivity index (χ4n) is 3.25. The monoisotopic (exact) mass is 449 g/mol. The second-order valence-corrected chi connectivity index (χ2v) is 7.25. The molecule has 0 unspecified atom stereocenters. The minimum Gasteiger partial charge on any atom is -0.484 e. The van der Waals surface area contributed by atoms with Gasteiger partial charge in [-0.15, -0.1) is 0 Å². The van der Waals surface area contributed by atoms with Crippen LogP contribution in [-0.2, 0) is 4.79 Å². The first-order valence-electron chi connectivity index (χ1n) is 10.6. The third-order valence-electron chi connectivity index (χ3n) is 4.88. The maximum Gasteiger partial charge on any atom is 0.262 e. The number of benzene rings is 2. The van der Waals surface area contributed by atoms with Gasteiger partial charge in [-0.25, -0.2) is 9.97 Å². The quantitative estimate of drug-likeness (QED) is 0.346. The lowest BCUT2D eigenvalue weighted by molar-refractivity contribution is -0.118. The SMILES string of the molecule is C=Cc1ccc(OCC(=O)Nc2cccc(Nc3nccc(-c4cccnc4)n3)c2)cc1C=C. The Labute approximate surface area is 197 Å². The number of carbonyl (C=O) groups excluding carboxylic acids is 1. The van der Waals surface area contributed by atoms with Crippen LogP contribution in [0.5, 0.6) is 5.75 Å². The van der Waals surface area contributed by atoms with Crippen molar-refractivity contribution in [1.82, 2.24) is 15.0 Å². The Balaban J connectivity index is 1.38. The number of nitrogens with one attached hydrogen (secondary N) is 2. The molecule has 4 aromatic rings. The Morgan fingerprint density at radius 3 is 2.59 bits per heavy atom. The highest BCUT2D eigenvalue weighted by Gasteiger charge is 2.07. The van der Waals surface area contributed by atoms with Crippen LogP contribution in [-0.4, -0.2) is 27.5 Å². The van der Waals surface area contributed by atoms with Crippen molar-refractivity contribution in [2.75, 3.05) is 17.2 Å². The van der Waals surface area contributed by atoms with E-state index in [4.69, 9.17) is 4.74 Å². The molecule has 0 bridgehead atoms. The highest BCUT2D eigenvalue weighted by atomic mass is 16.5. The number of pyridine rings is 1. The average molecular weight is 450 g/mol. The Morgan fingerprint density at radius 2 is 1.79 bits per heavy atom. The van der Waals surface area contributed by atoms with Crippen LogP contribution in [0.4, 0.5) is 17.3 Å². The molecule has 2 aromatic carbocycles. The Morgan fingerprint density at radius 1 is 0.941 bits per heavy atom. The van der Waals surface area contributed by atoms with E-state index in [0.717, 1.165) is 28.1 Å². The maximum atomic E-state index is 12.4. The lowest BCUT2D eigenvalue weighted by atomic mass is 10.1. The van der Waals surface area contributed by atoms with Gasteiger partial charge in [-0.1, -0.05) is 37.4 Å². The molecule has 2 aromatic heterocycles. The number of hydrogen-bond acceptors (Lipinski definition) is 6. The van der Waals surface area contributed by atoms with Gasteiger partial charge in [0.05, 0.1) is 5.69 Å². The highest BCUT2D eigenvalue weighted by Crippen LogP contribution is 2.22. The standard InChI is InChI=1S/C27H23N5O2/c1-3-19-10-11-24(15-20(19)4-2)34-18-26(33)30-22-8-5-9-23(16-22)31-27-29-14-12-25(32-27)21-7-6-13-28-17-21/h3-17H,1-2,18H2,(H,30,33)(H,29,31,32). The van der Waals surface area contributed by atoms with Crippen LogP contribution in [0.2, 0.25) is 0 Å². The summed E-state index contributed by atoms with van der Waals surface area (Å²) < 4.78 is 5.63. The zero-order chi connectivity index (χ0) is 23.8. The van der Waals surface area contributed by atoms with Crippen molar-refractivity contribution in [1.29, 1.82) is 0 Å². The molecule has 0 aliphatic heterocycles. The number of anilines is 3. The third-order valence-corrected chi connectivity index (χ3v) is 4.88. The van der Waals surface area contributed by atoms with Crippen molar-refractivity contribution in [2.45, 2.75) is 0 Å². The molecule has 0 spiro atoms. The number of nitrogens with zero attached hydrogens (tertiary/aromatic N) is 3. The predicted octanol–water partition coefficient (Wildman–Crippen LogP) is 5.59. The van der Waals surface area contributed by atoms with E-state index >= 15 is 0 Å². The lowest BCUT2D eigenvalue weighted by Crippen LogP contribution is -2.20. The molecule has 0 fully saturated rings. The van der Waals surface area contributed by atoms with Gasteiger partial charge in [0, 0.05) is 35.5 Å². The molecule has 0 aliphatic carbocycles. The van der Waals surface area contributed by atoms with Crippen molar-refractivity contribution >= 4 is 35.4 Å². The van der Waals surface area contributed by atoms with Gasteiger partial charge in [0.2, 0.25) is 5.95 Å². The fourth-order valence-corrected chi connectivity index (χ4v) is 3.25. The minimum absolute atomic E-state index is 0.127. The summed E-state index contributed by atoms with van der Waals surface area (Å²) in [5, 5.41) is 6.00. The predicted molar refractivity (Wildman–Crippen MR) is 136 cm³/mol. The van der Waals surface area contributed by atoms with E-state index in [0.29, 0.717) is 17.4 Å². The first-order chi connectivity index (χ1) is 16.6. The highest BCUT2D eigenvalue weighted by molar-refractivity contribution is 5.92. The van der Waals surface area contributed by atoms with Crippen LogP contribution in [0.1, 0.15) is 11.1 Å². The summed E-state index contributed by atoms with van der Waals surface area (Å²) in [6, 6.07) is 18.4. The summed E-state index contributed by atoms with van der Waals surface area (Å²) in [5.41, 5.74) is 4.85. The minimum atomic E-state index is -0.278. The summed E-state index contributed by atoms with van der Waals surface area (Å²) >= 11 is 0. The molecule has 2 heterocycles. The third kappa shape index (κ3) is 5.72. The van der Waals surface area contributed by atoms with Crippen LogP contribution >= 0.6 is 0 Å². The van der Waals surface area contributed by atoms with Crippen molar-refractivity contribution < 1.29 is 9.53 Å². The van der Waals surface area contributed by atoms with Gasteiger partial charge in [0.25, 0.3) is 5.91 Å². The second kappa shape index (κ2) is 10.7. The van der Waals surface area contributed by atoms with E-state index in [1.165, 1.54) is 0 Å². The fraction of sp³-hybridized carbons (Fsp3) is 0.0370. The van der Waals surface area contributed by atoms with Gasteiger partial charge in [0.1, 0.15) is 5.75 Å². The zero-order valence-electron chi connectivity index (χ0n) is 18.4. The molecule has 7 nitrogen and oxygen atoms in total. The molecule has 0 radical (unpaired) electrons. The van der Waals surface area contributed by atoms with Crippen molar-refractivity contribution in [3.63, 3.8) is 0 Å². The van der Waals surface area contributed by atoms with Gasteiger partial charge in [0.15, 0.2) is 6.61 Å². The van der Waals surface area contributed by atoms with Gasteiger partial charge in [-0.05, 0) is 59.7 Å². The van der Waals surface area contributed by atoms with Gasteiger partial charge in [-0.2, -0.15) is 0 Å². The lowest BCUT2D eigenvalue weighted by Gasteiger charge is -2.11. The summed E-state index contributed by atoms with van der Waals surface area (Å²) in [6.45, 7) is 7.44. The van der Waals surface area contributed by atoms with Crippen molar-refractivity contribution in [3.05, 3.63) is 104 Å². The van der Waals surface area contributed by atoms with Crippen LogP contribution in [0.25, 0.3) is 23.4 Å². The van der Waals surface area contributed by atoms with Crippen LogP contribution in [0.15, 0.2) is 92.4 Å². The molecule has 0 atom stereocenters. The topological polar surface area (TPSA) is 89.0 Å². The largest absolute Gasteiger partial charge is 0.484 e. The summed E-state index contributed by atoms with van der Waals surface area (Å²) in [5.74, 6) is 0.741. The van der Waals surface area contributed by atoms with E-state index in [1.807, 2.05) is 42.5 Å². The molecular formula is C27H23N5O2. The molecule has 0 saturated heterocycles. The number of hydrogen-bond donors (Lipinski definition) is 2. The second-order valence-electron chi connectivity index (χ2n) is 7.25. The average Bonchev–Trinajstić information content (AvgIpc) is 2.88. The molecule has 34 heavy (non-hydrogen) atoms. The molecule has 2 N–H and O–H groups in total. The molecule has 0 aliphatic rings. The van der Waals surface area contributed by atoms with Gasteiger partial charge < -0.3 is 15.4 Å². The number of amides is 1. The maximum absolute atomic E-state index is 12.4. The number of aromatic nitrogens is 3. The normalized spacial score (nSPS) is 10.2. The molecule has 0 saturated carbocycles. The Bertz CT molecular complexity index is 1320. The summed E-state index contributed by atoms with van der Waals surface area (Å²) in [4.78, 5) is 25.3. The Hall–Kier alpha value is -4.78. The van der Waals surface area contributed by atoms with Crippen molar-refractivity contribution in [3.8, 4) is 17.0 Å². The molecule has 7 heteroatoms. The van der Waals surface area contributed by atoms with Gasteiger partial charge in [-0.3, -0.25) is 9.78 Å². The summed E-state index contributed by atoms with van der Waals surface area (Å²) in [6.07, 6.45) is 8.61. The van der Waals surface area contributed by atoms with Crippen LogP contribution in [0, 0.1) is 0 Å². The first-order valence-corrected chi connectivity index (χ1v) is 10.6. The van der Waals surface area contributed by atoms with Gasteiger partial charge >= 0.3 is 0 Å². The van der Waals surface area contributed by atoms with E-state index in [1.54, 1.807) is 48.9 Å². The van der Waals surface area contributed by atoms with E-state index in [9.17, 15) is 4.79 Å². The molecule has 4 rings (SSSR count). The number of rotatable bonds is 9. The van der Waals surface area contributed by atoms with E-state index in [-0.39, 0.29) is 12.5 Å². The molecule has 168 valence electrons. The zero-order valence-corrected chi connectivity index (χ0v) is 18.4. The molecule has 1 amide bonds. The number of ether oxygens (including phenoxy) is 1. The van der Waals surface area contributed by atoms with E-state index in [2.05, 4.69) is 38.7 Å². The van der Waals surface area contributed by atoms with Crippen LogP contribution < -0.4 is 15.4 Å². The first kappa shape index (κ1) is 22.4. The van der Waals surface area contributed by atoms with Crippen molar-refractivity contribution in [2.24, 2.45) is 0 Å². The smallest absolute Gasteiger partial charge is 0.262 e. The number of carbonyl (C=O) groups is 1.